The third-order valence-corrected chi connectivity index (χ3v) is 4.15. The molecule has 1 fully saturated rings. The second-order valence-electron chi connectivity index (χ2n) is 6.95. The van der Waals surface area contributed by atoms with Crippen molar-refractivity contribution < 1.29 is 4.79 Å². The third-order valence-electron chi connectivity index (χ3n) is 4.15. The molecule has 1 atom stereocenters. The number of likely N-dealkylation sites (tertiary alicyclic amines) is 1. The summed E-state index contributed by atoms with van der Waals surface area (Å²) in [6.07, 6.45) is 1.94. The molecule has 4 nitrogen and oxygen atoms in total. The molecule has 0 aromatic heterocycles. The lowest BCUT2D eigenvalue weighted by Crippen LogP contribution is -2.53. The lowest BCUT2D eigenvalue weighted by molar-refractivity contribution is -0.135. The average molecular weight is 289 g/mol. The van der Waals surface area contributed by atoms with Crippen LogP contribution in [0.4, 0.5) is 5.69 Å². The van der Waals surface area contributed by atoms with Crippen molar-refractivity contribution in [2.24, 2.45) is 11.1 Å². The molecule has 1 unspecified atom stereocenters. The van der Waals surface area contributed by atoms with Gasteiger partial charge in [-0.1, -0.05) is 39.0 Å². The highest BCUT2D eigenvalue weighted by Gasteiger charge is 2.32. The zero-order valence-corrected chi connectivity index (χ0v) is 13.3. The summed E-state index contributed by atoms with van der Waals surface area (Å²) < 4.78 is 0. The number of anilines is 1. The Morgan fingerprint density at radius 1 is 1.24 bits per heavy atom. The summed E-state index contributed by atoms with van der Waals surface area (Å²) in [4.78, 5) is 14.3. The summed E-state index contributed by atoms with van der Waals surface area (Å²) in [5, 5.41) is 3.53. The Kier molecular flexibility index (Phi) is 4.88. The number of hydrogen-bond acceptors (Lipinski definition) is 3. The van der Waals surface area contributed by atoms with Gasteiger partial charge >= 0.3 is 0 Å². The molecule has 0 saturated carbocycles. The maximum absolute atomic E-state index is 12.4. The Bertz CT molecular complexity index is 459. The molecule has 4 heteroatoms. The molecule has 1 aliphatic heterocycles. The van der Waals surface area contributed by atoms with E-state index in [1.54, 1.807) is 0 Å². The molecule has 3 N–H and O–H groups in total. The van der Waals surface area contributed by atoms with Crippen molar-refractivity contribution in [1.29, 1.82) is 0 Å². The molecule has 2 rings (SSSR count). The fraction of sp³-hybridized carbons (Fsp3) is 0.588. The summed E-state index contributed by atoms with van der Waals surface area (Å²) in [5.41, 5.74) is 7.04. The van der Waals surface area contributed by atoms with Crippen LogP contribution >= 0.6 is 0 Å². The van der Waals surface area contributed by atoms with Gasteiger partial charge in [-0.15, -0.1) is 0 Å². The number of nitrogens with two attached hydrogens (primary N) is 1. The number of carbonyl (C=O) groups excluding carboxylic acids is 1. The number of rotatable bonds is 3. The Labute approximate surface area is 127 Å². The fourth-order valence-corrected chi connectivity index (χ4v) is 2.58. The van der Waals surface area contributed by atoms with E-state index in [9.17, 15) is 4.79 Å². The quantitative estimate of drug-likeness (QED) is 0.898. The molecule has 1 aromatic carbocycles. The standard InChI is InChI=1S/C17H27N3O/c1-17(2,3)15(18)16(21)20-11-9-14(10-12-20)19-13-7-5-4-6-8-13/h4-8,14-15,19H,9-12,18H2,1-3H3. The topological polar surface area (TPSA) is 58.4 Å². The van der Waals surface area contributed by atoms with Crippen LogP contribution < -0.4 is 11.1 Å². The van der Waals surface area contributed by atoms with Crippen molar-refractivity contribution in [3.8, 4) is 0 Å². The lowest BCUT2D eigenvalue weighted by atomic mass is 9.86. The highest BCUT2D eigenvalue weighted by atomic mass is 16.2. The van der Waals surface area contributed by atoms with Gasteiger partial charge in [0.2, 0.25) is 5.91 Å². The lowest BCUT2D eigenvalue weighted by Gasteiger charge is -2.37. The number of nitrogens with one attached hydrogen (secondary N) is 1. The molecule has 0 spiro atoms. The average Bonchev–Trinajstić information content (AvgIpc) is 2.46. The second kappa shape index (κ2) is 6.48. The van der Waals surface area contributed by atoms with Crippen LogP contribution in [0.3, 0.4) is 0 Å². The molecule has 21 heavy (non-hydrogen) atoms. The molecule has 1 heterocycles. The molecule has 0 bridgehead atoms. The SMILES string of the molecule is CC(C)(C)C(N)C(=O)N1CCC(Nc2ccccc2)CC1. The van der Waals surface area contributed by atoms with Crippen LogP contribution in [0, 0.1) is 5.41 Å². The van der Waals surface area contributed by atoms with Gasteiger partial charge in [-0.25, -0.2) is 0 Å². The van der Waals surface area contributed by atoms with Crippen LogP contribution in [0.2, 0.25) is 0 Å². The minimum Gasteiger partial charge on any atom is -0.382 e. The smallest absolute Gasteiger partial charge is 0.240 e. The number of hydrogen-bond donors (Lipinski definition) is 2. The summed E-state index contributed by atoms with van der Waals surface area (Å²) >= 11 is 0. The van der Waals surface area contributed by atoms with Crippen molar-refractivity contribution in [1.82, 2.24) is 4.90 Å². The number of nitrogens with zero attached hydrogens (tertiary/aromatic N) is 1. The van der Waals surface area contributed by atoms with Crippen LogP contribution in [0.25, 0.3) is 0 Å². The van der Waals surface area contributed by atoms with E-state index in [1.807, 2.05) is 43.9 Å². The maximum atomic E-state index is 12.4. The summed E-state index contributed by atoms with van der Waals surface area (Å²) in [6.45, 7) is 7.61. The van der Waals surface area contributed by atoms with Crippen molar-refractivity contribution in [3.05, 3.63) is 30.3 Å². The highest BCUT2D eigenvalue weighted by molar-refractivity contribution is 5.82. The van der Waals surface area contributed by atoms with E-state index in [2.05, 4.69) is 17.4 Å². The van der Waals surface area contributed by atoms with Crippen molar-refractivity contribution in [2.45, 2.75) is 45.7 Å². The van der Waals surface area contributed by atoms with Gasteiger partial charge in [0.15, 0.2) is 0 Å². The Morgan fingerprint density at radius 3 is 2.33 bits per heavy atom. The molecule has 1 amide bonds. The van der Waals surface area contributed by atoms with E-state index in [4.69, 9.17) is 5.73 Å². The van der Waals surface area contributed by atoms with E-state index in [0.29, 0.717) is 6.04 Å². The van der Waals surface area contributed by atoms with Crippen LogP contribution in [-0.4, -0.2) is 36.0 Å². The normalized spacial score (nSPS) is 18.4. The molecule has 1 saturated heterocycles. The summed E-state index contributed by atoms with van der Waals surface area (Å²) in [6, 6.07) is 10.2. The minimum atomic E-state index is -0.420. The first-order valence-electron chi connectivity index (χ1n) is 7.74. The molecular weight excluding hydrogens is 262 g/mol. The predicted octanol–water partition coefficient (Wildman–Crippen LogP) is 2.46. The number of para-hydroxylation sites is 1. The Morgan fingerprint density at radius 2 is 1.81 bits per heavy atom. The van der Waals surface area contributed by atoms with Crippen LogP contribution in [0.1, 0.15) is 33.6 Å². The predicted molar refractivity (Wildman–Crippen MR) is 87.1 cm³/mol. The Balaban J connectivity index is 1.84. The van der Waals surface area contributed by atoms with Crippen molar-refractivity contribution >= 4 is 11.6 Å². The largest absolute Gasteiger partial charge is 0.382 e. The van der Waals surface area contributed by atoms with Gasteiger partial charge < -0.3 is 16.0 Å². The maximum Gasteiger partial charge on any atom is 0.240 e. The zero-order chi connectivity index (χ0) is 15.5. The van der Waals surface area contributed by atoms with Crippen LogP contribution in [0.5, 0.6) is 0 Å². The number of carbonyl (C=O) groups is 1. The summed E-state index contributed by atoms with van der Waals surface area (Å²) in [5.74, 6) is 0.0839. The van der Waals surface area contributed by atoms with Gasteiger partial charge in [-0.2, -0.15) is 0 Å². The van der Waals surface area contributed by atoms with E-state index < -0.39 is 6.04 Å². The van der Waals surface area contributed by atoms with E-state index in [1.165, 1.54) is 0 Å². The molecule has 0 aliphatic carbocycles. The van der Waals surface area contributed by atoms with Crippen molar-refractivity contribution in [3.63, 3.8) is 0 Å². The molecule has 1 aromatic rings. The first-order valence-corrected chi connectivity index (χ1v) is 7.74. The molecular formula is C17H27N3O. The number of piperidine rings is 1. The second-order valence-corrected chi connectivity index (χ2v) is 6.95. The van der Waals surface area contributed by atoms with Crippen LogP contribution in [-0.2, 0) is 4.79 Å². The molecule has 0 radical (unpaired) electrons. The van der Waals surface area contributed by atoms with Crippen molar-refractivity contribution in [2.75, 3.05) is 18.4 Å². The minimum absolute atomic E-state index is 0.0839. The first kappa shape index (κ1) is 15.8. The monoisotopic (exact) mass is 289 g/mol. The van der Waals surface area contributed by atoms with Gasteiger partial charge in [0.25, 0.3) is 0 Å². The third kappa shape index (κ3) is 4.21. The highest BCUT2D eigenvalue weighted by Crippen LogP contribution is 2.22. The summed E-state index contributed by atoms with van der Waals surface area (Å²) in [7, 11) is 0. The van der Waals surface area contributed by atoms with Gasteiger partial charge in [0.05, 0.1) is 6.04 Å². The van der Waals surface area contributed by atoms with Gasteiger partial charge in [0, 0.05) is 24.8 Å². The van der Waals surface area contributed by atoms with Gasteiger partial charge in [-0.3, -0.25) is 4.79 Å². The van der Waals surface area contributed by atoms with Crippen LogP contribution in [0.15, 0.2) is 30.3 Å². The number of benzene rings is 1. The molecule has 116 valence electrons. The van der Waals surface area contributed by atoms with E-state index in [-0.39, 0.29) is 11.3 Å². The molecule has 1 aliphatic rings. The van der Waals surface area contributed by atoms with Gasteiger partial charge in [-0.05, 0) is 30.4 Å². The van der Waals surface area contributed by atoms with Gasteiger partial charge in [0.1, 0.15) is 0 Å². The zero-order valence-electron chi connectivity index (χ0n) is 13.3. The first-order chi connectivity index (χ1) is 9.88. The Hall–Kier alpha value is -1.55. The van der Waals surface area contributed by atoms with E-state index >= 15 is 0 Å². The number of amides is 1. The van der Waals surface area contributed by atoms with E-state index in [0.717, 1.165) is 31.6 Å². The fourth-order valence-electron chi connectivity index (χ4n) is 2.58.